The molecule has 0 amide bonds. The van der Waals surface area contributed by atoms with Crippen molar-refractivity contribution >= 4 is 45.2 Å². The van der Waals surface area contributed by atoms with Crippen LogP contribution in [0, 0.1) is 0 Å². The van der Waals surface area contributed by atoms with Gasteiger partial charge >= 0.3 is 12.0 Å². The van der Waals surface area contributed by atoms with Crippen LogP contribution >= 0.6 is 33.2 Å². The fourth-order valence-corrected chi connectivity index (χ4v) is 2.43. The van der Waals surface area contributed by atoms with Crippen molar-refractivity contribution in [2.45, 2.75) is 32.4 Å². The van der Waals surface area contributed by atoms with E-state index >= 15 is 0 Å². The molecule has 0 radical (unpaired) electrons. The van der Waals surface area contributed by atoms with Crippen LogP contribution < -0.4 is 0 Å². The first kappa shape index (κ1) is 14.3. The lowest BCUT2D eigenvalue weighted by atomic mass is 10.3. The summed E-state index contributed by atoms with van der Waals surface area (Å²) in [4.78, 5) is 11.1. The van der Waals surface area contributed by atoms with Crippen LogP contribution in [0.3, 0.4) is 0 Å². The van der Waals surface area contributed by atoms with Gasteiger partial charge in [0.2, 0.25) is 0 Å². The molecule has 0 N–H and O–H groups in total. The maximum Gasteiger partial charge on any atom is 0.341 e. The molecule has 0 heterocycles. The van der Waals surface area contributed by atoms with Crippen molar-refractivity contribution < 1.29 is 9.53 Å². The number of hydrogen-bond acceptors (Lipinski definition) is 2. The van der Waals surface area contributed by atoms with Gasteiger partial charge in [-0.05, 0) is 26.3 Å². The molecule has 6 heteroatoms. The predicted molar refractivity (Wildman–Crippen MR) is 63.1 cm³/mol. The molecule has 0 aromatic rings. The van der Waals surface area contributed by atoms with Crippen LogP contribution in [0.4, 0.5) is 0 Å². The van der Waals surface area contributed by atoms with Gasteiger partial charge in [0.15, 0.2) is 0 Å². The van der Waals surface area contributed by atoms with Gasteiger partial charge in [-0.3, -0.25) is 0 Å². The lowest BCUT2D eigenvalue weighted by molar-refractivity contribution is -0.143. The van der Waals surface area contributed by atoms with Crippen LogP contribution in [-0.2, 0) is 9.53 Å². The second-order valence-electron chi connectivity index (χ2n) is 3.15. The summed E-state index contributed by atoms with van der Waals surface area (Å²) >= 11 is 17.1. The molecule has 0 rings (SSSR count). The smallest absolute Gasteiger partial charge is 0.341 e. The topological polar surface area (TPSA) is 26.3 Å². The molecule has 82 valence electrons. The molecule has 0 bridgehead atoms. The standard InChI is InChI=1S/C8H13Cl3O2Si/c1-6(2)8(12)13-7(3)4-5-14(9,10)11/h7H,1,4-5H2,2-3H3. The molecule has 0 saturated carbocycles. The minimum Gasteiger partial charge on any atom is -0.459 e. The minimum absolute atomic E-state index is 0.234. The summed E-state index contributed by atoms with van der Waals surface area (Å²) < 4.78 is 5.02. The van der Waals surface area contributed by atoms with Crippen LogP contribution in [0.1, 0.15) is 20.3 Å². The van der Waals surface area contributed by atoms with Crippen LogP contribution in [0.2, 0.25) is 6.04 Å². The third kappa shape index (κ3) is 7.68. The predicted octanol–water partition coefficient (Wildman–Crippen LogP) is 3.54. The maximum absolute atomic E-state index is 11.1. The lowest BCUT2D eigenvalue weighted by Crippen LogP contribution is -2.18. The van der Waals surface area contributed by atoms with Gasteiger partial charge in [0.05, 0.1) is 6.10 Å². The summed E-state index contributed by atoms with van der Waals surface area (Å²) in [5.41, 5.74) is 0.378. The Labute approximate surface area is 99.3 Å². The summed E-state index contributed by atoms with van der Waals surface area (Å²) in [5.74, 6) is -0.400. The van der Waals surface area contributed by atoms with E-state index in [0.717, 1.165) is 0 Å². The quantitative estimate of drug-likeness (QED) is 0.332. The molecule has 14 heavy (non-hydrogen) atoms. The largest absolute Gasteiger partial charge is 0.459 e. The Kier molecular flexibility index (Phi) is 6.13. The van der Waals surface area contributed by atoms with Gasteiger partial charge in [0.25, 0.3) is 0 Å². The summed E-state index contributed by atoms with van der Waals surface area (Å²) in [6, 6.07) is -2.11. The van der Waals surface area contributed by atoms with E-state index in [4.69, 9.17) is 38.0 Å². The summed E-state index contributed by atoms with van der Waals surface area (Å²) in [5, 5.41) is 0. The molecule has 0 aliphatic rings. The van der Waals surface area contributed by atoms with E-state index < -0.39 is 12.0 Å². The Morgan fingerprint density at radius 3 is 2.36 bits per heavy atom. The molecule has 0 aromatic carbocycles. The number of rotatable bonds is 5. The number of ether oxygens (including phenoxy) is 1. The third-order valence-electron chi connectivity index (χ3n) is 1.49. The van der Waals surface area contributed by atoms with Crippen molar-refractivity contribution in [2.75, 3.05) is 0 Å². The highest BCUT2D eigenvalue weighted by Gasteiger charge is 2.26. The van der Waals surface area contributed by atoms with E-state index in [1.54, 1.807) is 13.8 Å². The van der Waals surface area contributed by atoms with Crippen LogP contribution in [0.5, 0.6) is 0 Å². The van der Waals surface area contributed by atoms with E-state index in [9.17, 15) is 4.79 Å². The number of carbonyl (C=O) groups excluding carboxylic acids is 1. The van der Waals surface area contributed by atoms with Gasteiger partial charge in [-0.1, -0.05) is 6.58 Å². The van der Waals surface area contributed by atoms with Crippen molar-refractivity contribution in [3.8, 4) is 0 Å². The molecule has 0 aliphatic carbocycles. The second-order valence-corrected chi connectivity index (χ2v) is 12.4. The Morgan fingerprint density at radius 1 is 1.50 bits per heavy atom. The van der Waals surface area contributed by atoms with Crippen LogP contribution in [0.15, 0.2) is 12.2 Å². The summed E-state index contributed by atoms with van der Waals surface area (Å²) in [6.07, 6.45) is 0.337. The molecular weight excluding hydrogens is 263 g/mol. The van der Waals surface area contributed by atoms with Crippen molar-refractivity contribution in [3.05, 3.63) is 12.2 Å². The fourth-order valence-electron chi connectivity index (χ4n) is 0.709. The van der Waals surface area contributed by atoms with Gasteiger partial charge in [-0.15, -0.1) is 33.2 Å². The Hall–Kier alpha value is 0.297. The molecule has 0 aromatic heterocycles. The lowest BCUT2D eigenvalue weighted by Gasteiger charge is -2.14. The molecular formula is C8H13Cl3O2Si. The Bertz CT molecular complexity index is 225. The maximum atomic E-state index is 11.1. The van der Waals surface area contributed by atoms with Gasteiger partial charge in [-0.25, -0.2) is 4.79 Å². The van der Waals surface area contributed by atoms with Crippen molar-refractivity contribution in [3.63, 3.8) is 0 Å². The fraction of sp³-hybridized carbons (Fsp3) is 0.625. The van der Waals surface area contributed by atoms with E-state index in [0.29, 0.717) is 18.0 Å². The second kappa shape index (κ2) is 6.01. The number of halogens is 3. The van der Waals surface area contributed by atoms with Gasteiger partial charge < -0.3 is 4.74 Å². The molecule has 0 spiro atoms. The highest BCUT2D eigenvalue weighted by molar-refractivity contribution is 7.64. The number of carbonyl (C=O) groups is 1. The molecule has 2 nitrogen and oxygen atoms in total. The molecule has 1 unspecified atom stereocenters. The number of hydrogen-bond donors (Lipinski definition) is 0. The first-order valence-electron chi connectivity index (χ1n) is 4.15. The van der Waals surface area contributed by atoms with E-state index in [-0.39, 0.29) is 6.10 Å². The van der Waals surface area contributed by atoms with Crippen molar-refractivity contribution in [1.82, 2.24) is 0 Å². The normalized spacial score (nSPS) is 13.5. The highest BCUT2D eigenvalue weighted by Crippen LogP contribution is 2.27. The van der Waals surface area contributed by atoms with E-state index in [1.807, 2.05) is 0 Å². The third-order valence-corrected chi connectivity index (χ3v) is 4.05. The van der Waals surface area contributed by atoms with Crippen molar-refractivity contribution in [2.24, 2.45) is 0 Å². The number of esters is 1. The first-order valence-corrected chi connectivity index (χ1v) is 9.40. The molecule has 1 atom stereocenters. The zero-order valence-corrected chi connectivity index (χ0v) is 11.4. The van der Waals surface area contributed by atoms with E-state index in [1.165, 1.54) is 0 Å². The van der Waals surface area contributed by atoms with Crippen molar-refractivity contribution in [1.29, 1.82) is 0 Å². The Balaban J connectivity index is 3.82. The van der Waals surface area contributed by atoms with Crippen LogP contribution in [0.25, 0.3) is 0 Å². The van der Waals surface area contributed by atoms with Gasteiger partial charge in [0.1, 0.15) is 0 Å². The average molecular weight is 276 g/mol. The molecule has 0 aliphatic heterocycles. The molecule has 0 saturated heterocycles. The highest BCUT2D eigenvalue weighted by atomic mass is 35.8. The molecule has 0 fully saturated rings. The summed E-state index contributed by atoms with van der Waals surface area (Å²) in [7, 11) is 0. The monoisotopic (exact) mass is 274 g/mol. The van der Waals surface area contributed by atoms with E-state index in [2.05, 4.69) is 6.58 Å². The zero-order valence-electron chi connectivity index (χ0n) is 8.15. The Morgan fingerprint density at radius 2 is 2.00 bits per heavy atom. The van der Waals surface area contributed by atoms with Crippen LogP contribution in [-0.4, -0.2) is 18.1 Å². The first-order chi connectivity index (χ1) is 6.22. The van der Waals surface area contributed by atoms with Gasteiger partial charge in [-0.2, -0.15) is 0 Å². The SMILES string of the molecule is C=C(C)C(=O)OC(C)CC[Si](Cl)(Cl)Cl. The average Bonchev–Trinajstić information content (AvgIpc) is 1.99. The summed E-state index contributed by atoms with van der Waals surface area (Å²) in [6.45, 7) is 6.84. The minimum atomic E-state index is -2.60. The zero-order chi connectivity index (χ0) is 11.4. The van der Waals surface area contributed by atoms with Gasteiger partial charge in [0, 0.05) is 5.57 Å².